The molecule has 0 bridgehead atoms. The van der Waals surface area contributed by atoms with E-state index >= 15 is 0 Å². The first-order valence-electron chi connectivity index (χ1n) is 16.0. The van der Waals surface area contributed by atoms with E-state index in [0.29, 0.717) is 5.92 Å². The first-order valence-corrected chi connectivity index (χ1v) is 17.4. The molecule has 1 saturated carbocycles. The number of unbranched alkanes of at least 4 members (excludes halogenated alkanes) is 5. The highest BCUT2D eigenvalue weighted by Gasteiger charge is 2.40. The van der Waals surface area contributed by atoms with Gasteiger partial charge in [-0.1, -0.05) is 125 Å². The van der Waals surface area contributed by atoms with E-state index in [4.69, 9.17) is 8.92 Å². The normalized spacial score (nSPS) is 22.9. The van der Waals surface area contributed by atoms with Crippen molar-refractivity contribution in [2.75, 3.05) is 13.2 Å². The minimum Gasteiger partial charge on any atom is -0.370 e. The van der Waals surface area contributed by atoms with Crippen LogP contribution in [0, 0.1) is 18.8 Å². The Balaban J connectivity index is 1.24. The molecule has 0 saturated heterocycles. The van der Waals surface area contributed by atoms with Crippen molar-refractivity contribution >= 4 is 15.7 Å². The Kier molecular flexibility index (Phi) is 12.3. The van der Waals surface area contributed by atoms with Gasteiger partial charge >= 0.3 is 0 Å². The fourth-order valence-electron chi connectivity index (χ4n) is 6.39. The minimum absolute atomic E-state index is 0.210. The van der Waals surface area contributed by atoms with Gasteiger partial charge in [-0.2, -0.15) is 8.42 Å². The van der Waals surface area contributed by atoms with Crippen molar-refractivity contribution in [3.8, 4) is 0 Å². The Bertz CT molecular complexity index is 1210. The lowest BCUT2D eigenvalue weighted by Crippen LogP contribution is -2.42. The largest absolute Gasteiger partial charge is 0.370 e. The summed E-state index contributed by atoms with van der Waals surface area (Å²) in [6, 6.07) is 17.4. The van der Waals surface area contributed by atoms with E-state index < -0.39 is 10.1 Å². The van der Waals surface area contributed by atoms with Crippen LogP contribution in [-0.4, -0.2) is 27.2 Å². The van der Waals surface area contributed by atoms with Gasteiger partial charge in [0.15, 0.2) is 0 Å². The smallest absolute Gasteiger partial charge is 0.296 e. The highest BCUT2D eigenvalue weighted by molar-refractivity contribution is 7.86. The number of rotatable bonds is 16. The van der Waals surface area contributed by atoms with Gasteiger partial charge in [0, 0.05) is 6.61 Å². The zero-order chi connectivity index (χ0) is 29.0. The molecule has 0 spiro atoms. The maximum Gasteiger partial charge on any atom is 0.296 e. The van der Waals surface area contributed by atoms with Gasteiger partial charge in [-0.25, -0.2) is 0 Å². The summed E-state index contributed by atoms with van der Waals surface area (Å²) in [5.41, 5.74) is 3.37. The monoisotopic (exact) mass is 578 g/mol. The molecule has 0 aliphatic heterocycles. The summed E-state index contributed by atoms with van der Waals surface area (Å²) in [4.78, 5) is 0.224. The van der Waals surface area contributed by atoms with Crippen LogP contribution >= 0.6 is 0 Å². The number of allylic oxidation sites excluding steroid dienone is 2. The molecule has 224 valence electrons. The number of ether oxygens (including phenoxy) is 1. The van der Waals surface area contributed by atoms with E-state index in [1.165, 1.54) is 62.5 Å². The van der Waals surface area contributed by atoms with Crippen molar-refractivity contribution in [3.63, 3.8) is 0 Å². The quantitative estimate of drug-likeness (QED) is 0.147. The molecule has 0 radical (unpaired) electrons. The summed E-state index contributed by atoms with van der Waals surface area (Å²) in [6.45, 7) is 5.18. The summed E-state index contributed by atoms with van der Waals surface area (Å²) in [5, 5.41) is 0. The molecule has 2 aromatic carbocycles. The van der Waals surface area contributed by atoms with Crippen LogP contribution < -0.4 is 0 Å². The fraction of sp³-hybridized carbons (Fsp3) is 0.556. The van der Waals surface area contributed by atoms with Crippen molar-refractivity contribution < 1.29 is 17.3 Å². The summed E-state index contributed by atoms with van der Waals surface area (Å²) in [5.74, 6) is 1.45. The van der Waals surface area contributed by atoms with Gasteiger partial charge in [0.25, 0.3) is 10.1 Å². The predicted molar refractivity (Wildman–Crippen MR) is 169 cm³/mol. The summed E-state index contributed by atoms with van der Waals surface area (Å²) < 4.78 is 36.8. The van der Waals surface area contributed by atoms with Crippen LogP contribution in [0.25, 0.3) is 5.57 Å². The Morgan fingerprint density at radius 1 is 0.829 bits per heavy atom. The van der Waals surface area contributed by atoms with Crippen molar-refractivity contribution in [3.05, 3.63) is 84.0 Å². The SMILES string of the molecule is CCCCCC1CCC(C2(OCCCCCCOS(=O)(=O)c3ccc(C)cc3)C=CC(c3ccccc3)=CC2)CC1. The maximum absolute atomic E-state index is 12.4. The van der Waals surface area contributed by atoms with Crippen LogP contribution in [0.5, 0.6) is 0 Å². The van der Waals surface area contributed by atoms with E-state index in [0.717, 1.165) is 50.2 Å². The second-order valence-corrected chi connectivity index (χ2v) is 13.7. The van der Waals surface area contributed by atoms with Crippen LogP contribution in [-0.2, 0) is 19.0 Å². The van der Waals surface area contributed by atoms with E-state index in [1.54, 1.807) is 24.3 Å². The molecule has 1 unspecified atom stereocenters. The zero-order valence-corrected chi connectivity index (χ0v) is 26.0. The Hall–Kier alpha value is -2.21. The molecule has 1 fully saturated rings. The third kappa shape index (κ3) is 9.39. The van der Waals surface area contributed by atoms with Gasteiger partial charge in [-0.15, -0.1) is 0 Å². The molecule has 2 aromatic rings. The third-order valence-corrected chi connectivity index (χ3v) is 10.3. The molecule has 2 aliphatic rings. The van der Waals surface area contributed by atoms with Crippen molar-refractivity contribution in [2.45, 2.75) is 108 Å². The molecule has 41 heavy (non-hydrogen) atoms. The second kappa shape index (κ2) is 15.9. The van der Waals surface area contributed by atoms with E-state index in [-0.39, 0.29) is 17.1 Å². The average Bonchev–Trinajstić information content (AvgIpc) is 3.00. The lowest BCUT2D eigenvalue weighted by molar-refractivity contribution is -0.0648. The topological polar surface area (TPSA) is 52.6 Å². The molecule has 4 nitrogen and oxygen atoms in total. The second-order valence-electron chi connectivity index (χ2n) is 12.1. The molecule has 0 heterocycles. The number of benzene rings is 2. The Morgan fingerprint density at radius 3 is 2.20 bits per heavy atom. The molecule has 0 N–H and O–H groups in total. The molecular formula is C36H50O4S. The van der Waals surface area contributed by atoms with Crippen LogP contribution in [0.2, 0.25) is 0 Å². The lowest BCUT2D eigenvalue weighted by atomic mass is 9.69. The summed E-state index contributed by atoms with van der Waals surface area (Å²) >= 11 is 0. The molecule has 0 aromatic heterocycles. The summed E-state index contributed by atoms with van der Waals surface area (Å²) in [7, 11) is -3.68. The average molecular weight is 579 g/mol. The molecule has 0 amide bonds. The van der Waals surface area contributed by atoms with Gasteiger partial charge in [0.2, 0.25) is 0 Å². The van der Waals surface area contributed by atoms with Gasteiger partial charge in [-0.05, 0) is 74.1 Å². The number of hydrogen-bond acceptors (Lipinski definition) is 4. The van der Waals surface area contributed by atoms with Crippen LogP contribution in [0.15, 0.2) is 77.7 Å². The highest BCUT2D eigenvalue weighted by Crippen LogP contribution is 2.44. The van der Waals surface area contributed by atoms with E-state index in [1.807, 2.05) is 6.92 Å². The maximum atomic E-state index is 12.4. The van der Waals surface area contributed by atoms with E-state index in [2.05, 4.69) is 55.5 Å². The first-order chi connectivity index (χ1) is 19.9. The predicted octanol–water partition coefficient (Wildman–Crippen LogP) is 9.45. The Labute approximate surface area is 249 Å². The Morgan fingerprint density at radius 2 is 1.54 bits per heavy atom. The standard InChI is InChI=1S/C36H50O4S/c1-3-4-8-13-31-18-20-34(21-19-31)36(26-24-33(25-27-36)32-14-9-7-10-15-32)39-28-11-5-6-12-29-40-41(37,38)35-22-16-30(2)17-23-35/h7,9-10,14-17,22-26,31,34H,3-6,8,11-13,18-21,27-29H2,1-2H3. The van der Waals surface area contributed by atoms with Gasteiger partial charge in [0.05, 0.1) is 17.1 Å². The van der Waals surface area contributed by atoms with Crippen molar-refractivity contribution in [1.29, 1.82) is 0 Å². The molecule has 2 aliphatic carbocycles. The van der Waals surface area contributed by atoms with Gasteiger partial charge in [0.1, 0.15) is 0 Å². The minimum atomic E-state index is -3.68. The molecular weight excluding hydrogens is 528 g/mol. The third-order valence-electron chi connectivity index (χ3n) is 9.00. The van der Waals surface area contributed by atoms with E-state index in [9.17, 15) is 8.42 Å². The fourth-order valence-corrected chi connectivity index (χ4v) is 7.34. The molecule has 1 atom stereocenters. The van der Waals surface area contributed by atoms with Gasteiger partial charge < -0.3 is 4.74 Å². The lowest BCUT2D eigenvalue weighted by Gasteiger charge is -2.43. The molecule has 4 rings (SSSR count). The van der Waals surface area contributed by atoms with Gasteiger partial charge in [-0.3, -0.25) is 4.18 Å². The number of aryl methyl sites for hydroxylation is 1. The summed E-state index contributed by atoms with van der Waals surface area (Å²) in [6.07, 6.45) is 22.2. The van der Waals surface area contributed by atoms with Crippen LogP contribution in [0.3, 0.4) is 0 Å². The zero-order valence-electron chi connectivity index (χ0n) is 25.2. The van der Waals surface area contributed by atoms with Crippen molar-refractivity contribution in [1.82, 2.24) is 0 Å². The number of hydrogen-bond donors (Lipinski definition) is 0. The van der Waals surface area contributed by atoms with Crippen LogP contribution in [0.1, 0.15) is 102 Å². The van der Waals surface area contributed by atoms with Crippen molar-refractivity contribution in [2.24, 2.45) is 11.8 Å². The first kappa shape index (κ1) is 31.7. The highest BCUT2D eigenvalue weighted by atomic mass is 32.2. The molecule has 5 heteroatoms. The van der Waals surface area contributed by atoms with Crippen LogP contribution in [0.4, 0.5) is 0 Å².